The van der Waals surface area contributed by atoms with Gasteiger partial charge in [-0.2, -0.15) is 4.68 Å². The highest BCUT2D eigenvalue weighted by molar-refractivity contribution is 6.32. The van der Waals surface area contributed by atoms with Gasteiger partial charge in [-0.25, -0.2) is 4.39 Å². The molecule has 2 rings (SSSR count). The van der Waals surface area contributed by atoms with Crippen molar-refractivity contribution in [3.63, 3.8) is 0 Å². The van der Waals surface area contributed by atoms with E-state index >= 15 is 0 Å². The Balaban J connectivity index is 2.28. The number of carbonyl (C=O) groups is 1. The fourth-order valence-corrected chi connectivity index (χ4v) is 1.81. The number of carbonyl (C=O) groups excluding carboxylic acids is 1. The van der Waals surface area contributed by atoms with Crippen LogP contribution >= 0.6 is 11.6 Å². The summed E-state index contributed by atoms with van der Waals surface area (Å²) in [6.07, 6.45) is 1.22. The first kappa shape index (κ1) is 13.9. The molecule has 0 radical (unpaired) electrons. The Labute approximate surface area is 116 Å². The van der Waals surface area contributed by atoms with E-state index < -0.39 is 22.5 Å². The predicted octanol–water partition coefficient (Wildman–Crippen LogP) is 1.73. The first-order valence-electron chi connectivity index (χ1n) is 5.34. The van der Waals surface area contributed by atoms with E-state index in [1.165, 1.54) is 18.3 Å². The van der Waals surface area contributed by atoms with Crippen LogP contribution in [0.15, 0.2) is 24.4 Å². The van der Waals surface area contributed by atoms with Crippen molar-refractivity contribution < 1.29 is 14.1 Å². The second-order valence-electron chi connectivity index (χ2n) is 3.93. The zero-order chi connectivity index (χ0) is 14.9. The summed E-state index contributed by atoms with van der Waals surface area (Å²) in [5, 5.41) is 14.1. The maximum Gasteiger partial charge on any atom is 0.408 e. The number of amides is 1. The lowest BCUT2D eigenvalue weighted by molar-refractivity contribution is -0.389. The number of aromatic nitrogens is 2. The van der Waals surface area contributed by atoms with Crippen molar-refractivity contribution in [2.45, 2.75) is 6.54 Å². The summed E-state index contributed by atoms with van der Waals surface area (Å²) in [4.78, 5) is 20.8. The van der Waals surface area contributed by atoms with Crippen LogP contribution in [0.1, 0.15) is 15.9 Å². The Morgan fingerprint density at radius 1 is 1.55 bits per heavy atom. The quantitative estimate of drug-likeness (QED) is 0.685. The van der Waals surface area contributed by atoms with E-state index in [9.17, 15) is 19.3 Å². The predicted molar refractivity (Wildman–Crippen MR) is 67.9 cm³/mol. The van der Waals surface area contributed by atoms with Crippen molar-refractivity contribution in [3.8, 4) is 0 Å². The SMILES string of the molecule is NC(=O)c1ccc(Cn2cc(Cl)c([N+](=O)[O-])n2)c(F)c1. The van der Waals surface area contributed by atoms with Gasteiger partial charge in [0.2, 0.25) is 5.91 Å². The molecule has 0 spiro atoms. The lowest BCUT2D eigenvalue weighted by atomic mass is 10.1. The number of halogens is 2. The molecule has 0 bridgehead atoms. The number of nitro groups is 1. The van der Waals surface area contributed by atoms with Gasteiger partial charge in [0.25, 0.3) is 0 Å². The molecule has 0 saturated carbocycles. The molecule has 9 heteroatoms. The van der Waals surface area contributed by atoms with Gasteiger partial charge in [-0.05, 0) is 17.1 Å². The Hall–Kier alpha value is -2.48. The topological polar surface area (TPSA) is 104 Å². The van der Waals surface area contributed by atoms with Gasteiger partial charge in [-0.1, -0.05) is 17.7 Å². The Morgan fingerprint density at radius 2 is 2.25 bits per heavy atom. The summed E-state index contributed by atoms with van der Waals surface area (Å²) in [6, 6.07) is 3.72. The Kier molecular flexibility index (Phi) is 3.66. The van der Waals surface area contributed by atoms with Gasteiger partial charge in [0.1, 0.15) is 5.82 Å². The third-order valence-electron chi connectivity index (χ3n) is 2.54. The van der Waals surface area contributed by atoms with E-state index in [0.717, 1.165) is 10.7 Å². The van der Waals surface area contributed by atoms with Crippen molar-refractivity contribution in [1.82, 2.24) is 9.78 Å². The molecule has 0 unspecified atom stereocenters. The van der Waals surface area contributed by atoms with Crippen LogP contribution in [-0.4, -0.2) is 20.6 Å². The number of hydrogen-bond acceptors (Lipinski definition) is 4. The van der Waals surface area contributed by atoms with Gasteiger partial charge in [-0.15, -0.1) is 0 Å². The second-order valence-corrected chi connectivity index (χ2v) is 4.33. The third-order valence-corrected chi connectivity index (χ3v) is 2.81. The third kappa shape index (κ3) is 2.75. The van der Waals surface area contributed by atoms with Crippen LogP contribution in [0.2, 0.25) is 5.02 Å². The molecule has 0 fully saturated rings. The average molecular weight is 299 g/mol. The molecule has 1 aromatic carbocycles. The van der Waals surface area contributed by atoms with Crippen LogP contribution in [0, 0.1) is 15.9 Å². The molecule has 2 N–H and O–H groups in total. The summed E-state index contributed by atoms with van der Waals surface area (Å²) in [7, 11) is 0. The van der Waals surface area contributed by atoms with Crippen LogP contribution in [0.5, 0.6) is 0 Å². The maximum absolute atomic E-state index is 13.7. The minimum Gasteiger partial charge on any atom is -0.366 e. The summed E-state index contributed by atoms with van der Waals surface area (Å²) in [6.45, 7) is -0.0571. The molecule has 0 atom stereocenters. The molecule has 2 aromatic rings. The van der Waals surface area contributed by atoms with Crippen LogP contribution < -0.4 is 5.73 Å². The monoisotopic (exact) mass is 298 g/mol. The van der Waals surface area contributed by atoms with E-state index in [0.29, 0.717) is 0 Å². The van der Waals surface area contributed by atoms with Crippen molar-refractivity contribution in [3.05, 3.63) is 56.5 Å². The normalized spacial score (nSPS) is 10.5. The number of nitrogens with zero attached hydrogens (tertiary/aromatic N) is 3. The molecule has 7 nitrogen and oxygen atoms in total. The zero-order valence-electron chi connectivity index (χ0n) is 9.92. The Bertz CT molecular complexity index is 701. The smallest absolute Gasteiger partial charge is 0.366 e. The lowest BCUT2D eigenvalue weighted by Crippen LogP contribution is -2.12. The van der Waals surface area contributed by atoms with E-state index in [2.05, 4.69) is 5.10 Å². The minimum absolute atomic E-state index is 0.0377. The van der Waals surface area contributed by atoms with Gasteiger partial charge in [-0.3, -0.25) is 4.79 Å². The fraction of sp³-hybridized carbons (Fsp3) is 0.0909. The average Bonchev–Trinajstić information content (AvgIpc) is 2.73. The largest absolute Gasteiger partial charge is 0.408 e. The number of nitrogens with two attached hydrogens (primary N) is 1. The van der Waals surface area contributed by atoms with Crippen molar-refractivity contribution in [2.24, 2.45) is 5.73 Å². The van der Waals surface area contributed by atoms with E-state index in [4.69, 9.17) is 17.3 Å². The van der Waals surface area contributed by atoms with E-state index in [1.807, 2.05) is 0 Å². The summed E-state index contributed by atoms with van der Waals surface area (Å²) >= 11 is 5.63. The first-order chi connectivity index (χ1) is 9.38. The molecule has 1 aromatic heterocycles. The molecule has 0 aliphatic rings. The second kappa shape index (κ2) is 5.25. The summed E-state index contributed by atoms with van der Waals surface area (Å²) in [5.74, 6) is -1.90. The molecule has 1 heterocycles. The van der Waals surface area contributed by atoms with Crippen LogP contribution in [-0.2, 0) is 6.54 Å². The van der Waals surface area contributed by atoms with Gasteiger partial charge in [0.15, 0.2) is 5.02 Å². The fourth-order valence-electron chi connectivity index (χ4n) is 1.59. The molecule has 0 aliphatic carbocycles. The van der Waals surface area contributed by atoms with Gasteiger partial charge >= 0.3 is 5.82 Å². The number of benzene rings is 1. The summed E-state index contributed by atoms with van der Waals surface area (Å²) < 4.78 is 14.9. The molecule has 20 heavy (non-hydrogen) atoms. The maximum atomic E-state index is 13.7. The molecular weight excluding hydrogens is 291 g/mol. The van der Waals surface area contributed by atoms with Crippen molar-refractivity contribution >= 4 is 23.3 Å². The van der Waals surface area contributed by atoms with Crippen LogP contribution in [0.3, 0.4) is 0 Å². The van der Waals surface area contributed by atoms with Crippen LogP contribution in [0.25, 0.3) is 0 Å². The van der Waals surface area contributed by atoms with E-state index in [-0.39, 0.29) is 22.7 Å². The van der Waals surface area contributed by atoms with Gasteiger partial charge in [0.05, 0.1) is 17.8 Å². The molecule has 104 valence electrons. The highest BCUT2D eigenvalue weighted by atomic mass is 35.5. The van der Waals surface area contributed by atoms with Gasteiger partial charge < -0.3 is 15.8 Å². The molecule has 0 aliphatic heterocycles. The Morgan fingerprint density at radius 3 is 2.75 bits per heavy atom. The number of hydrogen-bond donors (Lipinski definition) is 1. The van der Waals surface area contributed by atoms with Crippen molar-refractivity contribution in [2.75, 3.05) is 0 Å². The zero-order valence-corrected chi connectivity index (χ0v) is 10.7. The number of primary amides is 1. The van der Waals surface area contributed by atoms with E-state index in [1.54, 1.807) is 0 Å². The first-order valence-corrected chi connectivity index (χ1v) is 5.72. The van der Waals surface area contributed by atoms with Crippen LogP contribution in [0.4, 0.5) is 10.2 Å². The summed E-state index contributed by atoms with van der Waals surface area (Å²) in [5.41, 5.74) is 5.26. The number of rotatable bonds is 4. The van der Waals surface area contributed by atoms with Gasteiger partial charge in [0, 0.05) is 11.1 Å². The lowest BCUT2D eigenvalue weighted by Gasteiger charge is -2.02. The molecule has 0 saturated heterocycles. The van der Waals surface area contributed by atoms with Crippen molar-refractivity contribution in [1.29, 1.82) is 0 Å². The standard InChI is InChI=1S/C11H8ClFN4O3/c12-8-5-16(15-11(8)17(19)20)4-7-2-1-6(10(14)18)3-9(7)13/h1-3,5H,4H2,(H2,14,18). The highest BCUT2D eigenvalue weighted by Crippen LogP contribution is 2.22. The molecule has 1 amide bonds. The minimum atomic E-state index is -0.742. The molecular formula is C11H8ClFN4O3. The highest BCUT2D eigenvalue weighted by Gasteiger charge is 2.19.